The number of hydrogen-bond donors (Lipinski definition) is 1. The number of carbonyl (C=O) groups excluding carboxylic acids is 2. The van der Waals surface area contributed by atoms with Crippen molar-refractivity contribution in [3.05, 3.63) is 69.8 Å². The molecule has 29 heavy (non-hydrogen) atoms. The summed E-state index contributed by atoms with van der Waals surface area (Å²) in [5.74, 6) is -0.796. The zero-order chi connectivity index (χ0) is 20.8. The Hall–Kier alpha value is -2.71. The molecule has 0 saturated heterocycles. The molecule has 8 heteroatoms. The van der Waals surface area contributed by atoms with Gasteiger partial charge in [0.1, 0.15) is 22.1 Å². The van der Waals surface area contributed by atoms with Crippen LogP contribution in [0.3, 0.4) is 0 Å². The van der Waals surface area contributed by atoms with Gasteiger partial charge in [-0.05, 0) is 48.9 Å². The molecule has 2 aromatic carbocycles. The van der Waals surface area contributed by atoms with Crippen LogP contribution in [0.2, 0.25) is 0 Å². The number of hydrogen-bond acceptors (Lipinski definition) is 5. The third kappa shape index (κ3) is 5.42. The van der Waals surface area contributed by atoms with E-state index in [4.69, 9.17) is 9.47 Å². The van der Waals surface area contributed by atoms with Gasteiger partial charge in [-0.15, -0.1) is 11.3 Å². The molecular weight excluding hydrogens is 461 g/mol. The van der Waals surface area contributed by atoms with Crippen molar-refractivity contribution >= 4 is 44.1 Å². The molecule has 150 valence electrons. The fourth-order valence-corrected chi connectivity index (χ4v) is 3.78. The lowest BCUT2D eigenvalue weighted by Crippen LogP contribution is -2.21. The Morgan fingerprint density at radius 2 is 1.79 bits per heavy atom. The second-order valence-electron chi connectivity index (χ2n) is 5.87. The monoisotopic (exact) mass is 477 g/mol. The van der Waals surface area contributed by atoms with Gasteiger partial charge >= 0.3 is 5.97 Å². The number of esters is 1. The number of anilines is 1. The number of benzene rings is 2. The smallest absolute Gasteiger partial charge is 0.341 e. The number of nitrogens with one attached hydrogen (secondary N) is 1. The van der Waals surface area contributed by atoms with Gasteiger partial charge < -0.3 is 14.8 Å². The maximum atomic E-state index is 13.2. The first-order chi connectivity index (χ1) is 14.0. The second-order valence-corrected chi connectivity index (χ2v) is 7.67. The topological polar surface area (TPSA) is 64.6 Å². The van der Waals surface area contributed by atoms with Crippen LogP contribution in [0.4, 0.5) is 9.39 Å². The molecule has 3 aromatic rings. The summed E-state index contributed by atoms with van der Waals surface area (Å²) < 4.78 is 24.7. The van der Waals surface area contributed by atoms with E-state index in [-0.39, 0.29) is 24.6 Å². The molecule has 1 amide bonds. The first-order valence-corrected chi connectivity index (χ1v) is 10.4. The van der Waals surface area contributed by atoms with Crippen LogP contribution in [0.15, 0.2) is 58.4 Å². The van der Waals surface area contributed by atoms with E-state index in [0.717, 1.165) is 4.47 Å². The number of halogens is 2. The molecule has 1 heterocycles. The number of amides is 1. The summed E-state index contributed by atoms with van der Waals surface area (Å²) in [6.07, 6.45) is 0. The maximum Gasteiger partial charge on any atom is 0.341 e. The van der Waals surface area contributed by atoms with Crippen molar-refractivity contribution in [2.75, 3.05) is 18.5 Å². The van der Waals surface area contributed by atoms with E-state index in [1.165, 1.54) is 23.5 Å². The number of thiophene rings is 1. The first-order valence-electron chi connectivity index (χ1n) is 8.70. The van der Waals surface area contributed by atoms with Crippen molar-refractivity contribution in [2.24, 2.45) is 0 Å². The highest BCUT2D eigenvalue weighted by Crippen LogP contribution is 2.36. The molecular formula is C21H17BrFNO4S. The SMILES string of the molecule is CCOC(=O)c1c(-c2ccc(F)cc2)csc1NC(=O)COc1ccc(Br)cc1. The second kappa shape index (κ2) is 9.67. The standard InChI is InChI=1S/C21H17BrFNO4S/c1-2-27-21(26)19-17(13-3-7-15(23)8-4-13)12-29-20(19)24-18(25)11-28-16-9-5-14(22)6-10-16/h3-10,12H,2,11H2,1H3,(H,24,25). The van der Waals surface area contributed by atoms with Crippen LogP contribution in [0.25, 0.3) is 11.1 Å². The highest BCUT2D eigenvalue weighted by atomic mass is 79.9. The van der Waals surface area contributed by atoms with Gasteiger partial charge in [-0.3, -0.25) is 4.79 Å². The van der Waals surface area contributed by atoms with E-state index in [2.05, 4.69) is 21.2 Å². The van der Waals surface area contributed by atoms with Gasteiger partial charge in [0.2, 0.25) is 0 Å². The summed E-state index contributed by atoms with van der Waals surface area (Å²) in [5.41, 5.74) is 1.45. The van der Waals surface area contributed by atoms with Crippen molar-refractivity contribution in [3.8, 4) is 16.9 Å². The van der Waals surface area contributed by atoms with Crippen LogP contribution in [-0.4, -0.2) is 25.1 Å². The quantitative estimate of drug-likeness (QED) is 0.455. The van der Waals surface area contributed by atoms with Crippen molar-refractivity contribution in [1.82, 2.24) is 0 Å². The summed E-state index contributed by atoms with van der Waals surface area (Å²) in [6, 6.07) is 12.8. The van der Waals surface area contributed by atoms with E-state index in [1.807, 2.05) is 0 Å². The van der Waals surface area contributed by atoms with Crippen LogP contribution in [0.1, 0.15) is 17.3 Å². The molecule has 0 saturated carbocycles. The number of ether oxygens (including phenoxy) is 2. The Bertz CT molecular complexity index is 1000. The molecule has 1 aromatic heterocycles. The highest BCUT2D eigenvalue weighted by molar-refractivity contribution is 9.10. The lowest BCUT2D eigenvalue weighted by molar-refractivity contribution is -0.118. The van der Waals surface area contributed by atoms with Crippen LogP contribution in [-0.2, 0) is 9.53 Å². The van der Waals surface area contributed by atoms with Crippen LogP contribution >= 0.6 is 27.3 Å². The minimum atomic E-state index is -0.558. The Labute approximate surface area is 179 Å². The van der Waals surface area contributed by atoms with Crippen molar-refractivity contribution in [3.63, 3.8) is 0 Å². The average molecular weight is 478 g/mol. The largest absolute Gasteiger partial charge is 0.484 e. The molecule has 1 N–H and O–H groups in total. The van der Waals surface area contributed by atoms with Crippen LogP contribution < -0.4 is 10.1 Å². The van der Waals surface area contributed by atoms with Gasteiger partial charge in [0.25, 0.3) is 5.91 Å². The molecule has 0 bridgehead atoms. The first kappa shape index (κ1) is 21.0. The molecule has 0 aliphatic heterocycles. The lowest BCUT2D eigenvalue weighted by atomic mass is 10.0. The fraction of sp³-hybridized carbons (Fsp3) is 0.143. The van der Waals surface area contributed by atoms with Crippen molar-refractivity contribution < 1.29 is 23.5 Å². The average Bonchev–Trinajstić information content (AvgIpc) is 3.12. The van der Waals surface area contributed by atoms with Crippen molar-refractivity contribution in [2.45, 2.75) is 6.92 Å². The molecule has 0 fully saturated rings. The lowest BCUT2D eigenvalue weighted by Gasteiger charge is -2.10. The molecule has 0 unspecified atom stereocenters. The molecule has 0 radical (unpaired) electrons. The molecule has 0 aliphatic carbocycles. The third-order valence-corrected chi connectivity index (χ3v) is 5.29. The summed E-state index contributed by atoms with van der Waals surface area (Å²) in [6.45, 7) is 1.68. The van der Waals surface area contributed by atoms with Gasteiger partial charge in [-0.2, -0.15) is 0 Å². The summed E-state index contributed by atoms with van der Waals surface area (Å²) in [5, 5.41) is 4.78. The fourth-order valence-electron chi connectivity index (χ4n) is 2.54. The summed E-state index contributed by atoms with van der Waals surface area (Å²) in [7, 11) is 0. The van der Waals surface area contributed by atoms with Gasteiger partial charge in [0, 0.05) is 15.4 Å². The highest BCUT2D eigenvalue weighted by Gasteiger charge is 2.23. The predicted octanol–water partition coefficient (Wildman–Crippen LogP) is 5.51. The maximum absolute atomic E-state index is 13.2. The van der Waals surface area contributed by atoms with E-state index in [9.17, 15) is 14.0 Å². The van der Waals surface area contributed by atoms with Gasteiger partial charge in [0.05, 0.1) is 6.61 Å². The Morgan fingerprint density at radius 1 is 1.10 bits per heavy atom. The van der Waals surface area contributed by atoms with E-state index < -0.39 is 11.9 Å². The van der Waals surface area contributed by atoms with E-state index >= 15 is 0 Å². The minimum Gasteiger partial charge on any atom is -0.484 e. The zero-order valence-electron chi connectivity index (χ0n) is 15.4. The molecule has 3 rings (SSSR count). The van der Waals surface area contributed by atoms with Gasteiger partial charge in [0.15, 0.2) is 6.61 Å². The number of carbonyl (C=O) groups is 2. The molecule has 5 nitrogen and oxygen atoms in total. The zero-order valence-corrected chi connectivity index (χ0v) is 17.8. The normalized spacial score (nSPS) is 10.4. The Kier molecular flexibility index (Phi) is 7.00. The van der Waals surface area contributed by atoms with E-state index in [0.29, 0.717) is 21.9 Å². The van der Waals surface area contributed by atoms with E-state index in [1.54, 1.807) is 48.7 Å². The summed E-state index contributed by atoms with van der Waals surface area (Å²) >= 11 is 4.52. The Morgan fingerprint density at radius 3 is 2.45 bits per heavy atom. The van der Waals surface area contributed by atoms with Gasteiger partial charge in [-0.25, -0.2) is 9.18 Å². The summed E-state index contributed by atoms with van der Waals surface area (Å²) in [4.78, 5) is 24.8. The predicted molar refractivity (Wildman–Crippen MR) is 114 cm³/mol. The number of rotatable bonds is 7. The minimum absolute atomic E-state index is 0.192. The molecule has 0 atom stereocenters. The molecule has 0 spiro atoms. The van der Waals surface area contributed by atoms with Crippen LogP contribution in [0, 0.1) is 5.82 Å². The van der Waals surface area contributed by atoms with Crippen LogP contribution in [0.5, 0.6) is 5.75 Å². The Balaban J connectivity index is 1.78. The van der Waals surface area contributed by atoms with Gasteiger partial charge in [-0.1, -0.05) is 28.1 Å². The van der Waals surface area contributed by atoms with Crippen molar-refractivity contribution in [1.29, 1.82) is 0 Å². The third-order valence-electron chi connectivity index (χ3n) is 3.86. The molecule has 0 aliphatic rings.